The molecule has 2 heterocycles. The van der Waals surface area contributed by atoms with E-state index in [1.54, 1.807) is 42.5 Å². The highest BCUT2D eigenvalue weighted by atomic mass is 19.1. The number of hydrogen-bond acceptors (Lipinski definition) is 3. The lowest BCUT2D eigenvalue weighted by Gasteiger charge is -2.43. The Hall–Kier alpha value is -3.77. The molecule has 6 heteroatoms. The Bertz CT molecular complexity index is 1220. The fourth-order valence-electron chi connectivity index (χ4n) is 4.34. The van der Waals surface area contributed by atoms with E-state index < -0.39 is 23.4 Å². The molecular formula is C25H19FN2O3. The molecule has 3 aromatic rings. The van der Waals surface area contributed by atoms with Crippen molar-refractivity contribution in [1.82, 2.24) is 0 Å². The minimum atomic E-state index is -1.73. The number of nitrogens with zero attached hydrogens (tertiary/aromatic N) is 2. The van der Waals surface area contributed by atoms with Crippen LogP contribution in [0.25, 0.3) is 0 Å². The maximum Gasteiger partial charge on any atom is 0.286 e. The molecule has 0 N–H and O–H groups in total. The lowest BCUT2D eigenvalue weighted by Crippen LogP contribution is -2.59. The van der Waals surface area contributed by atoms with E-state index in [9.17, 15) is 14.0 Å². The van der Waals surface area contributed by atoms with E-state index in [0.717, 1.165) is 5.56 Å². The number of halogens is 1. The van der Waals surface area contributed by atoms with Gasteiger partial charge in [-0.15, -0.1) is 6.58 Å². The summed E-state index contributed by atoms with van der Waals surface area (Å²) in [5, 5.41) is 0. The van der Waals surface area contributed by atoms with Crippen molar-refractivity contribution in [1.29, 1.82) is 0 Å². The molecule has 0 aromatic heterocycles. The summed E-state index contributed by atoms with van der Waals surface area (Å²) in [5.41, 5.74) is 0.581. The van der Waals surface area contributed by atoms with Crippen LogP contribution in [0.4, 0.5) is 15.8 Å². The van der Waals surface area contributed by atoms with Crippen LogP contribution in [-0.4, -0.2) is 18.4 Å². The van der Waals surface area contributed by atoms with E-state index in [4.69, 9.17) is 4.74 Å². The molecule has 0 aliphatic carbocycles. The van der Waals surface area contributed by atoms with Gasteiger partial charge in [-0.2, -0.15) is 0 Å². The van der Waals surface area contributed by atoms with Gasteiger partial charge in [-0.1, -0.05) is 54.6 Å². The summed E-state index contributed by atoms with van der Waals surface area (Å²) >= 11 is 0. The Morgan fingerprint density at radius 1 is 1.03 bits per heavy atom. The number of ether oxygens (including phenoxy) is 1. The van der Waals surface area contributed by atoms with Crippen LogP contribution in [0.1, 0.15) is 21.5 Å². The highest BCUT2D eigenvalue weighted by molar-refractivity contribution is 6.17. The van der Waals surface area contributed by atoms with E-state index in [1.807, 2.05) is 18.2 Å². The normalized spacial score (nSPS) is 19.3. The molecule has 5 nitrogen and oxygen atoms in total. The fraction of sp³-hybridized carbons (Fsp3) is 0.120. The second-order valence-corrected chi connectivity index (χ2v) is 7.40. The molecule has 3 aromatic carbocycles. The van der Waals surface area contributed by atoms with Crippen molar-refractivity contribution in [3.63, 3.8) is 0 Å². The van der Waals surface area contributed by atoms with Gasteiger partial charge in [0.1, 0.15) is 5.82 Å². The van der Waals surface area contributed by atoms with Crippen LogP contribution in [-0.2, 0) is 21.9 Å². The lowest BCUT2D eigenvalue weighted by atomic mass is 9.96. The zero-order valence-electron chi connectivity index (χ0n) is 16.6. The van der Waals surface area contributed by atoms with Crippen molar-refractivity contribution >= 4 is 23.2 Å². The van der Waals surface area contributed by atoms with E-state index in [-0.39, 0.29) is 18.7 Å². The number of para-hydroxylation sites is 2. The van der Waals surface area contributed by atoms with E-state index in [2.05, 4.69) is 6.58 Å². The Labute approximate surface area is 179 Å². The maximum atomic E-state index is 14.6. The van der Waals surface area contributed by atoms with Crippen molar-refractivity contribution < 1.29 is 18.7 Å². The van der Waals surface area contributed by atoms with E-state index in [1.165, 1.54) is 28.0 Å². The molecule has 2 aliphatic heterocycles. The number of amides is 2. The largest absolute Gasteiger partial charge is 0.338 e. The molecule has 0 radical (unpaired) electrons. The van der Waals surface area contributed by atoms with E-state index in [0.29, 0.717) is 16.9 Å². The molecule has 0 saturated carbocycles. The molecular weight excluding hydrogens is 395 g/mol. The van der Waals surface area contributed by atoms with Crippen LogP contribution in [0.5, 0.6) is 0 Å². The first-order valence-electron chi connectivity index (χ1n) is 9.93. The third-order valence-corrected chi connectivity index (χ3v) is 5.70. The fourth-order valence-corrected chi connectivity index (χ4v) is 4.34. The predicted octanol–water partition coefficient (Wildman–Crippen LogP) is 4.39. The highest BCUT2D eigenvalue weighted by Crippen LogP contribution is 2.50. The minimum Gasteiger partial charge on any atom is -0.338 e. The quantitative estimate of drug-likeness (QED) is 0.598. The van der Waals surface area contributed by atoms with Gasteiger partial charge in [0.25, 0.3) is 17.5 Å². The van der Waals surface area contributed by atoms with Crippen molar-refractivity contribution in [2.75, 3.05) is 16.3 Å². The minimum absolute atomic E-state index is 0.130. The Morgan fingerprint density at radius 2 is 1.71 bits per heavy atom. The molecule has 1 unspecified atom stereocenters. The Kier molecular flexibility index (Phi) is 4.45. The summed E-state index contributed by atoms with van der Waals surface area (Å²) in [4.78, 5) is 30.5. The summed E-state index contributed by atoms with van der Waals surface area (Å²) in [6.07, 6.45) is 1.62. The third-order valence-electron chi connectivity index (χ3n) is 5.70. The van der Waals surface area contributed by atoms with Gasteiger partial charge in [0, 0.05) is 17.7 Å². The summed E-state index contributed by atoms with van der Waals surface area (Å²) in [7, 11) is 0. The number of carbonyl (C=O) groups excluding carboxylic acids is 2. The second kappa shape index (κ2) is 7.18. The van der Waals surface area contributed by atoms with Crippen molar-refractivity contribution in [2.45, 2.75) is 12.3 Å². The molecule has 0 saturated heterocycles. The molecule has 5 rings (SSSR count). The first-order valence-corrected chi connectivity index (χ1v) is 9.93. The molecule has 31 heavy (non-hydrogen) atoms. The van der Waals surface area contributed by atoms with Crippen LogP contribution in [0.2, 0.25) is 0 Å². The molecule has 2 aliphatic rings. The number of hydrogen-bond donors (Lipinski definition) is 0. The highest BCUT2D eigenvalue weighted by Gasteiger charge is 2.60. The number of carbonyl (C=O) groups is 2. The average molecular weight is 414 g/mol. The van der Waals surface area contributed by atoms with Crippen molar-refractivity contribution in [2.24, 2.45) is 0 Å². The predicted molar refractivity (Wildman–Crippen MR) is 115 cm³/mol. The summed E-state index contributed by atoms with van der Waals surface area (Å²) < 4.78 is 20.9. The lowest BCUT2D eigenvalue weighted by molar-refractivity contribution is -0.146. The van der Waals surface area contributed by atoms with Gasteiger partial charge in [-0.25, -0.2) is 4.39 Å². The van der Waals surface area contributed by atoms with Gasteiger partial charge < -0.3 is 9.64 Å². The van der Waals surface area contributed by atoms with Gasteiger partial charge in [-0.3, -0.25) is 14.5 Å². The van der Waals surface area contributed by atoms with E-state index >= 15 is 0 Å². The number of fused-ring (bicyclic) bond motifs is 3. The van der Waals surface area contributed by atoms with Crippen LogP contribution in [0, 0.1) is 5.82 Å². The first kappa shape index (κ1) is 19.2. The van der Waals surface area contributed by atoms with Crippen LogP contribution in [0.3, 0.4) is 0 Å². The maximum absolute atomic E-state index is 14.6. The number of anilines is 2. The third kappa shape index (κ3) is 2.65. The zero-order valence-corrected chi connectivity index (χ0v) is 16.6. The van der Waals surface area contributed by atoms with Crippen LogP contribution >= 0.6 is 0 Å². The molecule has 154 valence electrons. The Balaban J connectivity index is 1.78. The van der Waals surface area contributed by atoms with Crippen LogP contribution in [0.15, 0.2) is 85.5 Å². The molecule has 0 bridgehead atoms. The molecule has 2 amide bonds. The van der Waals surface area contributed by atoms with Gasteiger partial charge in [0.15, 0.2) is 0 Å². The standard InChI is InChI=1S/C25H19FN2O3/c1-2-15-27-22-14-8-5-11-19(22)25(24(27)30)28(21-13-7-3-9-17(21)16-31-25)23(29)18-10-4-6-12-20(18)26/h2-14H,1,15-16H2. The second-order valence-electron chi connectivity index (χ2n) is 7.40. The van der Waals surface area contributed by atoms with Gasteiger partial charge in [-0.05, 0) is 24.3 Å². The summed E-state index contributed by atoms with van der Waals surface area (Å²) in [5.74, 6) is -1.71. The average Bonchev–Trinajstić information content (AvgIpc) is 3.02. The van der Waals surface area contributed by atoms with Gasteiger partial charge >= 0.3 is 0 Å². The van der Waals surface area contributed by atoms with Gasteiger partial charge in [0.05, 0.1) is 23.5 Å². The van der Waals surface area contributed by atoms with Crippen LogP contribution < -0.4 is 9.80 Å². The molecule has 1 spiro atoms. The zero-order chi connectivity index (χ0) is 21.6. The topological polar surface area (TPSA) is 49.9 Å². The SMILES string of the molecule is C=CCN1C(=O)C2(OCc3ccccc3N2C(=O)c2ccccc2F)c2ccccc21. The molecule has 0 fully saturated rings. The summed E-state index contributed by atoms with van der Waals surface area (Å²) in [6, 6.07) is 20.1. The first-order chi connectivity index (χ1) is 15.1. The number of rotatable bonds is 3. The Morgan fingerprint density at radius 3 is 2.48 bits per heavy atom. The summed E-state index contributed by atoms with van der Waals surface area (Å²) in [6.45, 7) is 4.14. The monoisotopic (exact) mass is 414 g/mol. The number of benzene rings is 3. The smallest absolute Gasteiger partial charge is 0.286 e. The van der Waals surface area contributed by atoms with Crippen molar-refractivity contribution in [3.8, 4) is 0 Å². The van der Waals surface area contributed by atoms with Gasteiger partial charge in [0.2, 0.25) is 0 Å². The molecule has 1 atom stereocenters. The van der Waals surface area contributed by atoms with Crippen molar-refractivity contribution in [3.05, 3.63) is 108 Å².